The summed E-state index contributed by atoms with van der Waals surface area (Å²) in [5.41, 5.74) is 1.73. The van der Waals surface area contributed by atoms with Crippen molar-refractivity contribution in [2.45, 2.75) is 25.8 Å². The molecule has 2 heterocycles. The first-order valence-electron chi connectivity index (χ1n) is 6.32. The van der Waals surface area contributed by atoms with Gasteiger partial charge in [0.1, 0.15) is 5.52 Å². The van der Waals surface area contributed by atoms with Crippen LogP contribution in [0.15, 0.2) is 23.0 Å². The van der Waals surface area contributed by atoms with Crippen LogP contribution in [-0.2, 0) is 0 Å². The van der Waals surface area contributed by atoms with Gasteiger partial charge in [-0.1, -0.05) is 16.8 Å². The molecular weight excluding hydrogens is 228 g/mol. The number of benzene rings is 1. The van der Waals surface area contributed by atoms with Crippen LogP contribution in [0.2, 0.25) is 0 Å². The Kier molecular flexibility index (Phi) is 2.83. The van der Waals surface area contributed by atoms with E-state index < -0.39 is 0 Å². The van der Waals surface area contributed by atoms with Gasteiger partial charge in [0.05, 0.1) is 11.4 Å². The lowest BCUT2D eigenvalue weighted by Crippen LogP contribution is -2.36. The van der Waals surface area contributed by atoms with Crippen LogP contribution in [0.3, 0.4) is 0 Å². The van der Waals surface area contributed by atoms with Crippen molar-refractivity contribution in [2.24, 2.45) is 0 Å². The van der Waals surface area contributed by atoms with E-state index in [-0.39, 0.29) is 11.6 Å². The molecule has 0 radical (unpaired) electrons. The molecule has 94 valence electrons. The third-order valence-electron chi connectivity index (χ3n) is 3.49. The first kappa shape index (κ1) is 11.3. The molecule has 0 saturated carbocycles. The first-order valence-corrected chi connectivity index (χ1v) is 6.32. The van der Waals surface area contributed by atoms with Crippen molar-refractivity contribution in [3.63, 3.8) is 0 Å². The van der Waals surface area contributed by atoms with E-state index in [0.29, 0.717) is 10.9 Å². The molecule has 18 heavy (non-hydrogen) atoms. The standard InChI is InChI=1S/C13H16N4O/c1-9-2-3-12-11(8-9)13(18)17(16-15-12)10-4-6-14-7-5-10/h2-3,8,10,14H,4-7H2,1H3. The highest BCUT2D eigenvalue weighted by Gasteiger charge is 2.18. The zero-order chi connectivity index (χ0) is 12.5. The Labute approximate surface area is 105 Å². The lowest BCUT2D eigenvalue weighted by molar-refractivity contribution is 0.324. The van der Waals surface area contributed by atoms with E-state index in [9.17, 15) is 4.79 Å². The molecule has 5 heteroatoms. The summed E-state index contributed by atoms with van der Waals surface area (Å²) in [6.07, 6.45) is 1.87. The van der Waals surface area contributed by atoms with Crippen LogP contribution in [0.25, 0.3) is 10.9 Å². The predicted molar refractivity (Wildman–Crippen MR) is 69.7 cm³/mol. The van der Waals surface area contributed by atoms with Crippen LogP contribution >= 0.6 is 0 Å². The average molecular weight is 244 g/mol. The maximum atomic E-state index is 12.4. The van der Waals surface area contributed by atoms with Gasteiger partial charge in [0.25, 0.3) is 5.56 Å². The number of nitrogens with one attached hydrogen (secondary N) is 1. The van der Waals surface area contributed by atoms with Crippen molar-refractivity contribution in [1.29, 1.82) is 0 Å². The van der Waals surface area contributed by atoms with Gasteiger partial charge >= 0.3 is 0 Å². The summed E-state index contributed by atoms with van der Waals surface area (Å²) < 4.78 is 1.56. The Hall–Kier alpha value is -1.75. The zero-order valence-electron chi connectivity index (χ0n) is 10.4. The SMILES string of the molecule is Cc1ccc2nnn(C3CCNCC3)c(=O)c2c1. The lowest BCUT2D eigenvalue weighted by Gasteiger charge is -2.23. The highest BCUT2D eigenvalue weighted by Crippen LogP contribution is 2.16. The van der Waals surface area contributed by atoms with Crippen LogP contribution in [0.4, 0.5) is 0 Å². The number of fused-ring (bicyclic) bond motifs is 1. The molecule has 2 aromatic rings. The number of hydrogen-bond acceptors (Lipinski definition) is 4. The Balaban J connectivity index is 2.13. The predicted octanol–water partition coefficient (Wildman–Crippen LogP) is 1.02. The second kappa shape index (κ2) is 4.49. The average Bonchev–Trinajstić information content (AvgIpc) is 2.41. The largest absolute Gasteiger partial charge is 0.317 e. The molecule has 1 aliphatic rings. The first-order chi connectivity index (χ1) is 8.75. The molecule has 0 unspecified atom stereocenters. The topological polar surface area (TPSA) is 59.8 Å². The maximum Gasteiger partial charge on any atom is 0.277 e. The van der Waals surface area contributed by atoms with E-state index in [0.717, 1.165) is 31.5 Å². The minimum Gasteiger partial charge on any atom is -0.317 e. The molecule has 0 bridgehead atoms. The molecule has 1 aromatic carbocycles. The molecule has 1 fully saturated rings. The fourth-order valence-corrected chi connectivity index (χ4v) is 2.46. The van der Waals surface area contributed by atoms with Crippen molar-refractivity contribution in [1.82, 2.24) is 20.3 Å². The summed E-state index contributed by atoms with van der Waals surface area (Å²) in [4.78, 5) is 12.4. The van der Waals surface area contributed by atoms with Gasteiger partial charge in [-0.15, -0.1) is 5.10 Å². The zero-order valence-corrected chi connectivity index (χ0v) is 10.4. The van der Waals surface area contributed by atoms with E-state index in [1.54, 1.807) is 4.68 Å². The molecule has 1 N–H and O–H groups in total. The van der Waals surface area contributed by atoms with Gasteiger partial charge in [-0.25, -0.2) is 4.68 Å². The van der Waals surface area contributed by atoms with E-state index in [4.69, 9.17) is 0 Å². The van der Waals surface area contributed by atoms with E-state index in [2.05, 4.69) is 15.6 Å². The van der Waals surface area contributed by atoms with Gasteiger partial charge in [-0.2, -0.15) is 0 Å². The highest BCUT2D eigenvalue weighted by molar-refractivity contribution is 5.77. The van der Waals surface area contributed by atoms with Gasteiger partial charge in [-0.05, 0) is 45.0 Å². The Morgan fingerprint density at radius 1 is 1.33 bits per heavy atom. The molecular formula is C13H16N4O. The second-order valence-corrected chi connectivity index (χ2v) is 4.84. The number of rotatable bonds is 1. The molecule has 1 aromatic heterocycles. The Morgan fingerprint density at radius 3 is 2.89 bits per heavy atom. The van der Waals surface area contributed by atoms with Gasteiger partial charge in [0.2, 0.25) is 0 Å². The Bertz CT molecular complexity index is 628. The molecule has 0 amide bonds. The van der Waals surface area contributed by atoms with Crippen LogP contribution in [-0.4, -0.2) is 28.1 Å². The van der Waals surface area contributed by atoms with Crippen LogP contribution in [0, 0.1) is 6.92 Å². The van der Waals surface area contributed by atoms with Crippen molar-refractivity contribution in [2.75, 3.05) is 13.1 Å². The Morgan fingerprint density at radius 2 is 2.11 bits per heavy atom. The molecule has 3 rings (SSSR count). The van der Waals surface area contributed by atoms with Crippen molar-refractivity contribution in [3.8, 4) is 0 Å². The van der Waals surface area contributed by atoms with Gasteiger partial charge in [0, 0.05) is 0 Å². The molecule has 0 aliphatic carbocycles. The number of piperidine rings is 1. The summed E-state index contributed by atoms with van der Waals surface area (Å²) >= 11 is 0. The quantitative estimate of drug-likeness (QED) is 0.813. The third kappa shape index (κ3) is 1.90. The summed E-state index contributed by atoms with van der Waals surface area (Å²) in [6, 6.07) is 5.87. The second-order valence-electron chi connectivity index (χ2n) is 4.84. The van der Waals surface area contributed by atoms with Gasteiger partial charge in [0.15, 0.2) is 0 Å². The molecule has 1 aliphatic heterocycles. The molecule has 5 nitrogen and oxygen atoms in total. The fraction of sp³-hybridized carbons (Fsp3) is 0.462. The van der Waals surface area contributed by atoms with Crippen LogP contribution in [0.5, 0.6) is 0 Å². The van der Waals surface area contributed by atoms with E-state index in [1.807, 2.05) is 25.1 Å². The van der Waals surface area contributed by atoms with Crippen LogP contribution in [0.1, 0.15) is 24.4 Å². The lowest BCUT2D eigenvalue weighted by atomic mass is 10.1. The van der Waals surface area contributed by atoms with Gasteiger partial charge in [-0.3, -0.25) is 4.79 Å². The van der Waals surface area contributed by atoms with Crippen LogP contribution < -0.4 is 10.9 Å². The smallest absolute Gasteiger partial charge is 0.277 e. The summed E-state index contributed by atoms with van der Waals surface area (Å²) in [7, 11) is 0. The summed E-state index contributed by atoms with van der Waals surface area (Å²) in [5, 5.41) is 12.2. The minimum absolute atomic E-state index is 0.0180. The number of aromatic nitrogens is 3. The number of hydrogen-bond donors (Lipinski definition) is 1. The molecule has 0 spiro atoms. The summed E-state index contributed by atoms with van der Waals surface area (Å²) in [6.45, 7) is 3.85. The van der Waals surface area contributed by atoms with Crippen molar-refractivity contribution < 1.29 is 0 Å². The number of aryl methyl sites for hydroxylation is 1. The van der Waals surface area contributed by atoms with E-state index >= 15 is 0 Å². The normalized spacial score (nSPS) is 17.2. The highest BCUT2D eigenvalue weighted by atomic mass is 16.1. The van der Waals surface area contributed by atoms with Crippen molar-refractivity contribution in [3.05, 3.63) is 34.1 Å². The molecule has 1 saturated heterocycles. The fourth-order valence-electron chi connectivity index (χ4n) is 2.46. The maximum absolute atomic E-state index is 12.4. The summed E-state index contributed by atoms with van der Waals surface area (Å²) in [5.74, 6) is 0. The van der Waals surface area contributed by atoms with E-state index in [1.165, 1.54) is 0 Å². The molecule has 0 atom stereocenters. The third-order valence-corrected chi connectivity index (χ3v) is 3.49. The van der Waals surface area contributed by atoms with Gasteiger partial charge < -0.3 is 5.32 Å². The minimum atomic E-state index is -0.0180. The number of nitrogens with zero attached hydrogens (tertiary/aromatic N) is 3. The monoisotopic (exact) mass is 244 g/mol. The van der Waals surface area contributed by atoms with Crippen molar-refractivity contribution >= 4 is 10.9 Å².